The van der Waals surface area contributed by atoms with E-state index in [2.05, 4.69) is 51.3 Å². The third-order valence-electron chi connectivity index (χ3n) is 5.78. The van der Waals surface area contributed by atoms with Crippen molar-refractivity contribution in [3.63, 3.8) is 0 Å². The van der Waals surface area contributed by atoms with Crippen LogP contribution in [-0.2, 0) is 0 Å². The second-order valence-electron chi connectivity index (χ2n) is 8.11. The van der Waals surface area contributed by atoms with E-state index < -0.39 is 0 Å². The van der Waals surface area contributed by atoms with Crippen molar-refractivity contribution in [2.24, 2.45) is 11.3 Å². The fraction of sp³-hybridized carbons (Fsp3) is 1.00. The number of aliphatic hydroxyl groups is 2. The lowest BCUT2D eigenvalue weighted by molar-refractivity contribution is -0.0120. The van der Waals surface area contributed by atoms with Crippen molar-refractivity contribution in [3.05, 3.63) is 0 Å². The minimum absolute atomic E-state index is 0.0460. The highest BCUT2D eigenvalue weighted by Gasteiger charge is 2.33. The van der Waals surface area contributed by atoms with E-state index in [0.717, 1.165) is 45.4 Å². The Labute approximate surface area is 157 Å². The van der Waals surface area contributed by atoms with Crippen molar-refractivity contribution in [1.82, 2.24) is 9.80 Å². The van der Waals surface area contributed by atoms with Crippen LogP contribution in [-0.4, -0.2) is 72.0 Å². The Kier molecular flexibility index (Phi) is 13.9. The van der Waals surface area contributed by atoms with Crippen LogP contribution in [0.4, 0.5) is 0 Å². The van der Waals surface area contributed by atoms with Gasteiger partial charge in [0.05, 0.1) is 12.7 Å². The predicted molar refractivity (Wildman–Crippen MR) is 109 cm³/mol. The van der Waals surface area contributed by atoms with Gasteiger partial charge in [-0.05, 0) is 50.1 Å². The molecule has 0 radical (unpaired) electrons. The molecule has 0 aromatic rings. The molecule has 152 valence electrons. The van der Waals surface area contributed by atoms with Crippen LogP contribution in [0.1, 0.15) is 73.6 Å². The minimum atomic E-state index is -0.344. The Morgan fingerprint density at radius 1 is 0.880 bits per heavy atom. The summed E-state index contributed by atoms with van der Waals surface area (Å²) in [5.41, 5.74) is -0.0460. The number of aliphatic hydroxyl groups excluding tert-OH is 2. The van der Waals surface area contributed by atoms with Gasteiger partial charge in [0.1, 0.15) is 0 Å². The average Bonchev–Trinajstić information content (AvgIpc) is 2.59. The van der Waals surface area contributed by atoms with Gasteiger partial charge < -0.3 is 15.1 Å². The summed E-state index contributed by atoms with van der Waals surface area (Å²) in [6.07, 6.45) is 5.21. The molecule has 4 heteroatoms. The minimum Gasteiger partial charge on any atom is -0.395 e. The maximum atomic E-state index is 10.9. The van der Waals surface area contributed by atoms with Gasteiger partial charge in [0.2, 0.25) is 0 Å². The Morgan fingerprint density at radius 3 is 1.88 bits per heavy atom. The largest absolute Gasteiger partial charge is 0.395 e. The maximum absolute atomic E-state index is 10.9. The molecule has 0 spiro atoms. The summed E-state index contributed by atoms with van der Waals surface area (Å²) >= 11 is 0. The Morgan fingerprint density at radius 2 is 1.44 bits per heavy atom. The van der Waals surface area contributed by atoms with E-state index in [0.29, 0.717) is 19.0 Å². The highest BCUT2D eigenvalue weighted by molar-refractivity contribution is 4.85. The van der Waals surface area contributed by atoms with Gasteiger partial charge in [0, 0.05) is 26.2 Å². The van der Waals surface area contributed by atoms with E-state index >= 15 is 0 Å². The Bertz CT molecular complexity index is 308. The first-order valence-electron chi connectivity index (χ1n) is 10.6. The van der Waals surface area contributed by atoms with E-state index in [1.165, 1.54) is 12.8 Å². The molecule has 0 aromatic heterocycles. The van der Waals surface area contributed by atoms with Crippen LogP contribution in [0.15, 0.2) is 0 Å². The molecule has 0 rings (SSSR count). The smallest absolute Gasteiger partial charge is 0.0720 e. The predicted octanol–water partition coefficient (Wildman–Crippen LogP) is 3.62. The fourth-order valence-electron chi connectivity index (χ4n) is 3.61. The number of nitrogens with zero attached hydrogens (tertiary/aromatic N) is 2. The summed E-state index contributed by atoms with van der Waals surface area (Å²) in [5.74, 6) is 0.635. The molecule has 0 saturated heterocycles. The lowest BCUT2D eigenvalue weighted by Gasteiger charge is -2.39. The third-order valence-corrected chi connectivity index (χ3v) is 5.78. The van der Waals surface area contributed by atoms with Crippen molar-refractivity contribution in [1.29, 1.82) is 0 Å². The van der Waals surface area contributed by atoms with Crippen LogP contribution < -0.4 is 0 Å². The molecule has 0 bridgehead atoms. The van der Waals surface area contributed by atoms with Crippen molar-refractivity contribution in [2.45, 2.75) is 79.8 Å². The average molecular weight is 359 g/mol. The Hall–Kier alpha value is -0.160. The van der Waals surface area contributed by atoms with Gasteiger partial charge in [0.15, 0.2) is 0 Å². The molecule has 25 heavy (non-hydrogen) atoms. The monoisotopic (exact) mass is 358 g/mol. The van der Waals surface area contributed by atoms with Crippen LogP contribution in [0.3, 0.4) is 0 Å². The first kappa shape index (κ1) is 24.8. The second kappa shape index (κ2) is 14.0. The van der Waals surface area contributed by atoms with E-state index in [4.69, 9.17) is 0 Å². The van der Waals surface area contributed by atoms with Crippen molar-refractivity contribution in [3.8, 4) is 0 Å². The summed E-state index contributed by atoms with van der Waals surface area (Å²) in [6.45, 7) is 19.0. The normalized spacial score (nSPS) is 17.0. The standard InChI is InChI=1S/C21H46N2O2/c1-7-11-22(12-8-2)13-14-23(15-16-24)18-20(25)21(6,10-4)17-19(5)9-3/h19-20,24-25H,7-18H2,1-6H3. The Balaban J connectivity index is 4.74. The number of rotatable bonds is 16. The quantitative estimate of drug-likeness (QED) is 0.442. The van der Waals surface area contributed by atoms with Gasteiger partial charge in [-0.3, -0.25) is 4.90 Å². The van der Waals surface area contributed by atoms with Gasteiger partial charge in [-0.2, -0.15) is 0 Å². The molecular weight excluding hydrogens is 312 g/mol. The van der Waals surface area contributed by atoms with Crippen LogP contribution >= 0.6 is 0 Å². The third kappa shape index (κ3) is 9.93. The topological polar surface area (TPSA) is 46.9 Å². The van der Waals surface area contributed by atoms with E-state index in [1.807, 2.05) is 0 Å². The van der Waals surface area contributed by atoms with Gasteiger partial charge >= 0.3 is 0 Å². The van der Waals surface area contributed by atoms with Crippen molar-refractivity contribution >= 4 is 0 Å². The summed E-state index contributed by atoms with van der Waals surface area (Å²) in [5, 5.41) is 20.4. The fourth-order valence-corrected chi connectivity index (χ4v) is 3.61. The van der Waals surface area contributed by atoms with Crippen molar-refractivity contribution in [2.75, 3.05) is 45.9 Å². The number of hydrogen-bond donors (Lipinski definition) is 2. The van der Waals surface area contributed by atoms with Crippen LogP contribution in [0.25, 0.3) is 0 Å². The van der Waals surface area contributed by atoms with Crippen LogP contribution in [0.2, 0.25) is 0 Å². The molecule has 0 fully saturated rings. The summed E-state index contributed by atoms with van der Waals surface area (Å²) in [4.78, 5) is 4.74. The summed E-state index contributed by atoms with van der Waals surface area (Å²) < 4.78 is 0. The molecule has 0 heterocycles. The molecule has 0 aliphatic rings. The summed E-state index contributed by atoms with van der Waals surface area (Å²) in [6, 6.07) is 0. The number of hydrogen-bond acceptors (Lipinski definition) is 4. The highest BCUT2D eigenvalue weighted by atomic mass is 16.3. The van der Waals surface area contributed by atoms with Crippen LogP contribution in [0, 0.1) is 11.3 Å². The molecule has 3 unspecified atom stereocenters. The highest BCUT2D eigenvalue weighted by Crippen LogP contribution is 2.35. The molecule has 0 aromatic carbocycles. The summed E-state index contributed by atoms with van der Waals surface area (Å²) in [7, 11) is 0. The lowest BCUT2D eigenvalue weighted by Crippen LogP contribution is -2.46. The molecule has 3 atom stereocenters. The molecule has 4 nitrogen and oxygen atoms in total. The van der Waals surface area contributed by atoms with E-state index in [1.54, 1.807) is 0 Å². The van der Waals surface area contributed by atoms with Gasteiger partial charge in [-0.15, -0.1) is 0 Å². The molecule has 0 saturated carbocycles. The second-order valence-corrected chi connectivity index (χ2v) is 8.11. The zero-order chi connectivity index (χ0) is 19.3. The SMILES string of the molecule is CCCN(CCC)CCN(CCO)CC(O)C(C)(CC)CC(C)CC. The first-order valence-corrected chi connectivity index (χ1v) is 10.6. The van der Waals surface area contributed by atoms with Gasteiger partial charge in [-0.25, -0.2) is 0 Å². The molecular formula is C21H46N2O2. The van der Waals surface area contributed by atoms with E-state index in [9.17, 15) is 10.2 Å². The zero-order valence-electron chi connectivity index (χ0n) is 17.9. The van der Waals surface area contributed by atoms with Crippen LogP contribution in [0.5, 0.6) is 0 Å². The first-order chi connectivity index (χ1) is 11.9. The van der Waals surface area contributed by atoms with E-state index in [-0.39, 0.29) is 18.1 Å². The van der Waals surface area contributed by atoms with Gasteiger partial charge in [-0.1, -0.05) is 48.0 Å². The zero-order valence-corrected chi connectivity index (χ0v) is 17.9. The van der Waals surface area contributed by atoms with Gasteiger partial charge in [0.25, 0.3) is 0 Å². The molecule has 0 amide bonds. The molecule has 0 aliphatic carbocycles. The van der Waals surface area contributed by atoms with Crippen molar-refractivity contribution < 1.29 is 10.2 Å². The maximum Gasteiger partial charge on any atom is 0.0720 e. The lowest BCUT2D eigenvalue weighted by atomic mass is 9.74. The molecule has 2 N–H and O–H groups in total. The molecule has 0 aliphatic heterocycles.